The molecule has 2 heterocycles. The molecule has 0 amide bonds. The molecule has 0 spiro atoms. The summed E-state index contributed by atoms with van der Waals surface area (Å²) in [6, 6.07) is 1.50. The van der Waals surface area contributed by atoms with Crippen LogP contribution in [0.3, 0.4) is 0 Å². The van der Waals surface area contributed by atoms with E-state index in [1.165, 1.54) is 13.0 Å². The van der Waals surface area contributed by atoms with Crippen molar-refractivity contribution in [2.24, 2.45) is 16.6 Å². The van der Waals surface area contributed by atoms with E-state index in [1.54, 1.807) is 12.3 Å². The lowest BCUT2D eigenvalue weighted by molar-refractivity contribution is -0.175. The third kappa shape index (κ3) is 3.64. The number of carbonyl (C=O) groups is 2. The maximum Gasteiger partial charge on any atom is 0.312 e. The summed E-state index contributed by atoms with van der Waals surface area (Å²) in [6.07, 6.45) is 0.0568. The van der Waals surface area contributed by atoms with Crippen LogP contribution in [-0.4, -0.2) is 60.7 Å². The van der Waals surface area contributed by atoms with Crippen LogP contribution in [-0.2, 0) is 14.3 Å². The molecule has 5 N–H and O–H groups in total. The quantitative estimate of drug-likeness (QED) is 0.434. The zero-order chi connectivity index (χ0) is 21.8. The first-order valence-corrected chi connectivity index (χ1v) is 10.2. The summed E-state index contributed by atoms with van der Waals surface area (Å²) in [5.74, 6) is -3.69. The lowest BCUT2D eigenvalue weighted by Crippen LogP contribution is -2.71. The second-order valence-electron chi connectivity index (χ2n) is 7.32. The van der Waals surface area contributed by atoms with Crippen LogP contribution >= 0.6 is 11.3 Å². The minimum absolute atomic E-state index is 0.0568. The highest BCUT2D eigenvalue weighted by molar-refractivity contribution is 7.10. The van der Waals surface area contributed by atoms with Gasteiger partial charge in [-0.3, -0.25) is 9.59 Å². The van der Waals surface area contributed by atoms with E-state index in [0.29, 0.717) is 4.88 Å². The van der Waals surface area contributed by atoms with Crippen molar-refractivity contribution < 1.29 is 28.9 Å². The molecule has 1 saturated heterocycles. The van der Waals surface area contributed by atoms with Crippen LogP contribution in [0.15, 0.2) is 11.4 Å². The fourth-order valence-corrected chi connectivity index (χ4v) is 5.66. The van der Waals surface area contributed by atoms with E-state index in [4.69, 9.17) is 10.5 Å². The zero-order valence-electron chi connectivity index (χ0n) is 16.4. The molecule has 0 bridgehead atoms. The Bertz CT molecular complexity index is 797. The monoisotopic (exact) mass is 427 g/mol. The van der Waals surface area contributed by atoms with Crippen molar-refractivity contribution in [2.45, 2.75) is 38.3 Å². The standard InChI is InChI=1S/C19H26FN3O5S/c1-3-19(17(26)27)13(10-28-6-5-21)23-12(8-20)18(2,16(24)25)15(19)14-11(9-22)4-7-29-14/h4,7,12-13,15,23H,3,5-6,8,10,21H2,1-2H3,(H,24,25)(H,26,27). The number of aliphatic carboxylic acids is 2. The molecule has 0 aliphatic carbocycles. The number of nitrogens with zero attached hydrogens (tertiary/aromatic N) is 1. The first-order chi connectivity index (χ1) is 13.7. The lowest BCUT2D eigenvalue weighted by Gasteiger charge is -2.56. The number of carboxylic acids is 2. The lowest BCUT2D eigenvalue weighted by atomic mass is 9.52. The van der Waals surface area contributed by atoms with Crippen LogP contribution in [0.1, 0.15) is 36.6 Å². The normalized spacial score (nSPS) is 31.9. The number of hydrogen-bond donors (Lipinski definition) is 4. The largest absolute Gasteiger partial charge is 0.481 e. The molecule has 1 aromatic rings. The molecular formula is C19H26FN3O5S. The van der Waals surface area contributed by atoms with Gasteiger partial charge in [-0.05, 0) is 24.8 Å². The summed E-state index contributed by atoms with van der Waals surface area (Å²) in [5.41, 5.74) is 2.21. The minimum atomic E-state index is -1.80. The van der Waals surface area contributed by atoms with E-state index in [-0.39, 0.29) is 31.7 Å². The highest BCUT2D eigenvalue weighted by Gasteiger charge is 2.67. The summed E-state index contributed by atoms with van der Waals surface area (Å²) < 4.78 is 19.5. The number of ether oxygens (including phenoxy) is 1. The number of nitrogens with one attached hydrogen (secondary N) is 1. The fraction of sp³-hybridized carbons (Fsp3) is 0.632. The van der Waals surface area contributed by atoms with E-state index in [2.05, 4.69) is 5.32 Å². The zero-order valence-corrected chi connectivity index (χ0v) is 17.2. The number of halogens is 1. The number of alkyl halides is 1. The van der Waals surface area contributed by atoms with Gasteiger partial charge in [0.15, 0.2) is 0 Å². The molecule has 0 saturated carbocycles. The Morgan fingerprint density at radius 1 is 1.41 bits per heavy atom. The van der Waals surface area contributed by atoms with Gasteiger partial charge in [0, 0.05) is 23.4 Å². The van der Waals surface area contributed by atoms with Crippen LogP contribution in [0.5, 0.6) is 0 Å². The smallest absolute Gasteiger partial charge is 0.312 e. The summed E-state index contributed by atoms with van der Waals surface area (Å²) in [6.45, 7) is 2.32. The van der Waals surface area contributed by atoms with E-state index in [0.717, 1.165) is 11.3 Å². The molecule has 8 nitrogen and oxygen atoms in total. The topological polar surface area (TPSA) is 146 Å². The van der Waals surface area contributed by atoms with Crippen molar-refractivity contribution in [2.75, 3.05) is 26.4 Å². The highest BCUT2D eigenvalue weighted by Crippen LogP contribution is 2.58. The number of hydrogen-bond acceptors (Lipinski definition) is 7. The SMILES string of the molecule is CCC1(C(=O)O)C(COCCN)NC(CF)C(C)(C(=O)O)C1c1sccc1C#N. The van der Waals surface area contributed by atoms with E-state index in [1.807, 2.05) is 6.07 Å². The van der Waals surface area contributed by atoms with Crippen LogP contribution < -0.4 is 11.1 Å². The number of nitriles is 1. The Balaban J connectivity index is 2.79. The second-order valence-corrected chi connectivity index (χ2v) is 8.27. The summed E-state index contributed by atoms with van der Waals surface area (Å²) in [7, 11) is 0. The minimum Gasteiger partial charge on any atom is -0.481 e. The van der Waals surface area contributed by atoms with Gasteiger partial charge in [-0.25, -0.2) is 4.39 Å². The van der Waals surface area contributed by atoms with Crippen LogP contribution in [0.2, 0.25) is 0 Å². The van der Waals surface area contributed by atoms with Crippen molar-refractivity contribution in [3.63, 3.8) is 0 Å². The predicted octanol–water partition coefficient (Wildman–Crippen LogP) is 1.56. The molecular weight excluding hydrogens is 401 g/mol. The third-order valence-electron chi connectivity index (χ3n) is 6.09. The Labute approximate surface area is 172 Å². The molecule has 0 aromatic carbocycles. The molecule has 29 heavy (non-hydrogen) atoms. The van der Waals surface area contributed by atoms with Gasteiger partial charge in [-0.1, -0.05) is 6.92 Å². The number of rotatable bonds is 9. The fourth-order valence-electron chi connectivity index (χ4n) is 4.48. The maximum absolute atomic E-state index is 14.1. The molecule has 5 atom stereocenters. The van der Waals surface area contributed by atoms with Crippen molar-refractivity contribution >= 4 is 23.3 Å². The highest BCUT2D eigenvalue weighted by atomic mass is 32.1. The van der Waals surface area contributed by atoms with Crippen LogP contribution in [0.4, 0.5) is 4.39 Å². The number of piperidine rings is 1. The Morgan fingerprint density at radius 2 is 2.10 bits per heavy atom. The molecule has 2 rings (SSSR count). The van der Waals surface area contributed by atoms with Crippen LogP contribution in [0, 0.1) is 22.2 Å². The van der Waals surface area contributed by atoms with E-state index in [9.17, 15) is 29.5 Å². The van der Waals surface area contributed by atoms with Gasteiger partial charge in [-0.2, -0.15) is 5.26 Å². The Morgan fingerprint density at radius 3 is 2.59 bits per heavy atom. The van der Waals surface area contributed by atoms with E-state index >= 15 is 0 Å². The molecule has 1 fully saturated rings. The predicted molar refractivity (Wildman–Crippen MR) is 104 cm³/mol. The first kappa shape index (κ1) is 23.2. The van der Waals surface area contributed by atoms with Gasteiger partial charge < -0.3 is 26.0 Å². The number of thiophene rings is 1. The Kier molecular flexibility index (Phi) is 7.35. The summed E-state index contributed by atoms with van der Waals surface area (Å²) >= 11 is 1.12. The van der Waals surface area contributed by atoms with Gasteiger partial charge >= 0.3 is 11.9 Å². The average Bonchev–Trinajstić information content (AvgIpc) is 3.16. The van der Waals surface area contributed by atoms with Crippen molar-refractivity contribution in [3.05, 3.63) is 21.9 Å². The van der Waals surface area contributed by atoms with Crippen LogP contribution in [0.25, 0.3) is 0 Å². The molecule has 1 aliphatic heterocycles. The number of nitrogens with two attached hydrogens (primary N) is 1. The van der Waals surface area contributed by atoms with Crippen molar-refractivity contribution in [1.82, 2.24) is 5.32 Å². The van der Waals surface area contributed by atoms with Gasteiger partial charge in [0.25, 0.3) is 0 Å². The van der Waals surface area contributed by atoms with Gasteiger partial charge in [-0.15, -0.1) is 11.3 Å². The molecule has 160 valence electrons. The number of carboxylic acid groups (broad SMARTS) is 2. The van der Waals surface area contributed by atoms with Gasteiger partial charge in [0.2, 0.25) is 0 Å². The molecule has 1 aromatic heterocycles. The summed E-state index contributed by atoms with van der Waals surface area (Å²) in [4.78, 5) is 25.4. The second kappa shape index (κ2) is 9.17. The average molecular weight is 427 g/mol. The molecule has 0 radical (unpaired) electrons. The molecule has 1 aliphatic rings. The van der Waals surface area contributed by atoms with Gasteiger partial charge in [0.05, 0.1) is 35.6 Å². The summed E-state index contributed by atoms with van der Waals surface area (Å²) in [5, 5.41) is 34.5. The Hall–Kier alpha value is -2.06. The van der Waals surface area contributed by atoms with E-state index < -0.39 is 47.4 Å². The van der Waals surface area contributed by atoms with Gasteiger partial charge in [0.1, 0.15) is 12.7 Å². The van der Waals surface area contributed by atoms with Crippen molar-refractivity contribution in [3.8, 4) is 6.07 Å². The van der Waals surface area contributed by atoms with Crippen molar-refractivity contribution in [1.29, 1.82) is 5.26 Å². The third-order valence-corrected chi connectivity index (χ3v) is 7.07. The molecule has 5 unspecified atom stereocenters. The molecule has 10 heteroatoms. The maximum atomic E-state index is 14.1. The first-order valence-electron chi connectivity index (χ1n) is 9.29.